The van der Waals surface area contributed by atoms with Gasteiger partial charge in [-0.15, -0.1) is 0 Å². The van der Waals surface area contributed by atoms with Crippen LogP contribution in [0.15, 0.2) is 48.5 Å². The summed E-state index contributed by atoms with van der Waals surface area (Å²) in [6, 6.07) is 14.1. The molecule has 0 atom stereocenters. The molecule has 0 aliphatic rings. The normalized spacial score (nSPS) is 10.2. The van der Waals surface area contributed by atoms with E-state index in [9.17, 15) is 10.1 Å². The molecule has 2 aromatic rings. The molecule has 0 saturated carbocycles. The fraction of sp³-hybridized carbons (Fsp3) is 0.200. The van der Waals surface area contributed by atoms with Gasteiger partial charge in [-0.3, -0.25) is 10.1 Å². The van der Waals surface area contributed by atoms with Gasteiger partial charge in [-0.2, -0.15) is 0 Å². The van der Waals surface area contributed by atoms with Crippen LogP contribution >= 0.6 is 0 Å². The summed E-state index contributed by atoms with van der Waals surface area (Å²) in [5, 5.41) is 10.6. The van der Waals surface area contributed by atoms with E-state index >= 15 is 0 Å². The van der Waals surface area contributed by atoms with Gasteiger partial charge in [0.2, 0.25) is 0 Å². The Morgan fingerprint density at radius 2 is 1.55 bits per heavy atom. The number of nitrogens with two attached hydrogens (primary N) is 1. The number of non-ortho nitro benzene ring substituents is 1. The molecule has 0 spiro atoms. The van der Waals surface area contributed by atoms with Crippen LogP contribution in [0.4, 0.5) is 5.69 Å². The Morgan fingerprint density at radius 3 is 2.05 bits per heavy atom. The molecule has 0 aliphatic carbocycles. The van der Waals surface area contributed by atoms with Crippen molar-refractivity contribution in [2.45, 2.75) is 6.42 Å². The van der Waals surface area contributed by atoms with E-state index in [-0.39, 0.29) is 5.69 Å². The summed E-state index contributed by atoms with van der Waals surface area (Å²) in [7, 11) is 0. The first-order chi connectivity index (χ1) is 9.70. The summed E-state index contributed by atoms with van der Waals surface area (Å²) in [6.07, 6.45) is 0.824. The summed E-state index contributed by atoms with van der Waals surface area (Å²) in [5.41, 5.74) is 7.42. The number of ether oxygens (including phenoxy) is 1. The molecule has 0 aromatic heterocycles. The highest BCUT2D eigenvalue weighted by atomic mass is 16.6. The van der Waals surface area contributed by atoms with Crippen LogP contribution in [-0.4, -0.2) is 18.1 Å². The highest BCUT2D eigenvalue weighted by Gasteiger charge is 2.05. The Morgan fingerprint density at radius 1 is 1.00 bits per heavy atom. The van der Waals surface area contributed by atoms with E-state index in [4.69, 9.17) is 10.5 Å². The molecule has 0 amide bonds. The van der Waals surface area contributed by atoms with Crippen molar-refractivity contribution in [2.24, 2.45) is 5.73 Å². The number of rotatable bonds is 6. The van der Waals surface area contributed by atoms with Crippen LogP contribution in [-0.2, 0) is 0 Å². The molecule has 0 aliphatic heterocycles. The van der Waals surface area contributed by atoms with E-state index in [1.165, 1.54) is 12.1 Å². The Balaban J connectivity index is 2.07. The highest BCUT2D eigenvalue weighted by Crippen LogP contribution is 2.24. The molecule has 2 aromatic carbocycles. The van der Waals surface area contributed by atoms with Crippen LogP contribution in [0.1, 0.15) is 6.42 Å². The maximum atomic E-state index is 10.6. The van der Waals surface area contributed by atoms with Crippen LogP contribution in [0.5, 0.6) is 5.75 Å². The van der Waals surface area contributed by atoms with Crippen LogP contribution in [0, 0.1) is 10.1 Å². The summed E-state index contributed by atoms with van der Waals surface area (Å²) >= 11 is 0. The molecule has 0 heterocycles. The molecule has 0 fully saturated rings. The standard InChI is InChI=1S/C15H16N2O3/c16-10-1-11-20-15-8-4-13(5-9-15)12-2-6-14(7-3-12)17(18)19/h2-9H,1,10-11,16H2. The molecule has 5 nitrogen and oxygen atoms in total. The monoisotopic (exact) mass is 272 g/mol. The topological polar surface area (TPSA) is 78.4 Å². The van der Waals surface area contributed by atoms with Crippen molar-refractivity contribution in [1.82, 2.24) is 0 Å². The van der Waals surface area contributed by atoms with Crippen LogP contribution < -0.4 is 10.5 Å². The maximum Gasteiger partial charge on any atom is 0.269 e. The highest BCUT2D eigenvalue weighted by molar-refractivity contribution is 5.65. The zero-order valence-corrected chi connectivity index (χ0v) is 11.0. The van der Waals surface area contributed by atoms with E-state index in [2.05, 4.69) is 0 Å². The molecule has 104 valence electrons. The predicted octanol–water partition coefficient (Wildman–Crippen LogP) is 2.99. The lowest BCUT2D eigenvalue weighted by Crippen LogP contribution is -2.05. The zero-order valence-electron chi connectivity index (χ0n) is 11.0. The largest absolute Gasteiger partial charge is 0.494 e. The van der Waals surface area contributed by atoms with Crippen molar-refractivity contribution in [3.8, 4) is 16.9 Å². The number of benzene rings is 2. The summed E-state index contributed by atoms with van der Waals surface area (Å²) in [4.78, 5) is 10.2. The molecule has 0 bridgehead atoms. The predicted molar refractivity (Wildman–Crippen MR) is 77.7 cm³/mol. The molecule has 5 heteroatoms. The number of nitro benzene ring substituents is 1. The van der Waals surface area contributed by atoms with Gasteiger partial charge in [0.25, 0.3) is 5.69 Å². The van der Waals surface area contributed by atoms with Crippen LogP contribution in [0.25, 0.3) is 11.1 Å². The van der Waals surface area contributed by atoms with Gasteiger partial charge in [0.15, 0.2) is 0 Å². The number of nitro groups is 1. The van der Waals surface area contributed by atoms with E-state index in [0.29, 0.717) is 13.2 Å². The van der Waals surface area contributed by atoms with E-state index in [1.807, 2.05) is 24.3 Å². The third kappa shape index (κ3) is 3.55. The fourth-order valence-corrected chi connectivity index (χ4v) is 1.79. The molecular weight excluding hydrogens is 256 g/mol. The minimum absolute atomic E-state index is 0.0930. The van der Waals surface area contributed by atoms with Crippen molar-refractivity contribution >= 4 is 5.69 Å². The SMILES string of the molecule is NCCCOc1ccc(-c2ccc([N+](=O)[O-])cc2)cc1. The van der Waals surface area contributed by atoms with Gasteiger partial charge < -0.3 is 10.5 Å². The molecule has 2 N–H and O–H groups in total. The molecular formula is C15H16N2O3. The minimum Gasteiger partial charge on any atom is -0.494 e. The lowest BCUT2D eigenvalue weighted by Gasteiger charge is -2.06. The Bertz CT molecular complexity index is 565. The Kier molecular flexibility index (Phi) is 4.68. The Labute approximate surface area is 117 Å². The van der Waals surface area contributed by atoms with Gasteiger partial charge in [-0.05, 0) is 48.4 Å². The smallest absolute Gasteiger partial charge is 0.269 e. The van der Waals surface area contributed by atoms with Gasteiger partial charge in [-0.1, -0.05) is 12.1 Å². The van der Waals surface area contributed by atoms with Crippen molar-refractivity contribution in [3.63, 3.8) is 0 Å². The summed E-state index contributed by atoms with van der Waals surface area (Å²) in [6.45, 7) is 1.22. The lowest BCUT2D eigenvalue weighted by molar-refractivity contribution is -0.384. The quantitative estimate of drug-likeness (QED) is 0.498. The third-order valence-electron chi connectivity index (χ3n) is 2.88. The molecule has 0 unspecified atom stereocenters. The van der Waals surface area contributed by atoms with Gasteiger partial charge in [0, 0.05) is 12.1 Å². The number of hydrogen-bond donors (Lipinski definition) is 1. The van der Waals surface area contributed by atoms with Gasteiger partial charge in [-0.25, -0.2) is 0 Å². The first-order valence-corrected chi connectivity index (χ1v) is 6.38. The van der Waals surface area contributed by atoms with Crippen molar-refractivity contribution < 1.29 is 9.66 Å². The average Bonchev–Trinajstić information content (AvgIpc) is 2.48. The second-order valence-electron chi connectivity index (χ2n) is 4.32. The summed E-state index contributed by atoms with van der Waals surface area (Å²) in [5.74, 6) is 0.795. The first kappa shape index (κ1) is 14.0. The average molecular weight is 272 g/mol. The number of nitrogens with zero attached hydrogens (tertiary/aromatic N) is 1. The second-order valence-corrected chi connectivity index (χ2v) is 4.32. The van der Waals surface area contributed by atoms with Crippen LogP contribution in [0.3, 0.4) is 0 Å². The third-order valence-corrected chi connectivity index (χ3v) is 2.88. The van der Waals surface area contributed by atoms with Crippen LogP contribution in [0.2, 0.25) is 0 Å². The fourth-order valence-electron chi connectivity index (χ4n) is 1.79. The molecule has 0 saturated heterocycles. The molecule has 20 heavy (non-hydrogen) atoms. The van der Waals surface area contributed by atoms with E-state index in [0.717, 1.165) is 23.3 Å². The molecule has 2 rings (SSSR count). The van der Waals surface area contributed by atoms with Gasteiger partial charge >= 0.3 is 0 Å². The van der Waals surface area contributed by atoms with Crippen molar-refractivity contribution in [2.75, 3.05) is 13.2 Å². The second kappa shape index (κ2) is 6.68. The lowest BCUT2D eigenvalue weighted by atomic mass is 10.1. The van der Waals surface area contributed by atoms with Gasteiger partial charge in [0.05, 0.1) is 11.5 Å². The maximum absolute atomic E-state index is 10.6. The Hall–Kier alpha value is -2.40. The number of hydrogen-bond acceptors (Lipinski definition) is 4. The van der Waals surface area contributed by atoms with Gasteiger partial charge in [0.1, 0.15) is 5.75 Å². The minimum atomic E-state index is -0.405. The molecule has 0 radical (unpaired) electrons. The first-order valence-electron chi connectivity index (χ1n) is 6.38. The summed E-state index contributed by atoms with van der Waals surface area (Å²) < 4.78 is 5.52. The van der Waals surface area contributed by atoms with E-state index in [1.54, 1.807) is 12.1 Å². The van der Waals surface area contributed by atoms with E-state index < -0.39 is 4.92 Å². The zero-order chi connectivity index (χ0) is 14.4. The van der Waals surface area contributed by atoms with Crippen molar-refractivity contribution in [3.05, 3.63) is 58.6 Å². The van der Waals surface area contributed by atoms with Crippen molar-refractivity contribution in [1.29, 1.82) is 0 Å².